The SMILES string of the molecule is CCCN(C(=O)NCc1ccccc1)N1CC(=O)N2[C@@H](c3ccccc3)C(=O)N([C@@H](C)c3ccccc3)C[C@@H]21. The number of nitrogens with zero attached hydrogens (tertiary/aromatic N) is 4. The van der Waals surface area contributed by atoms with Gasteiger partial charge in [-0.3, -0.25) is 14.6 Å². The van der Waals surface area contributed by atoms with E-state index in [1.807, 2.05) is 115 Å². The molecule has 3 aromatic rings. The number of piperazine rings is 1. The van der Waals surface area contributed by atoms with E-state index in [9.17, 15) is 14.4 Å². The molecule has 2 fully saturated rings. The quantitative estimate of drug-likeness (QED) is 0.475. The number of carbonyl (C=O) groups excluding carboxylic acids is 3. The van der Waals surface area contributed by atoms with E-state index in [4.69, 9.17) is 0 Å². The lowest BCUT2D eigenvalue weighted by atomic mass is 9.97. The summed E-state index contributed by atoms with van der Waals surface area (Å²) in [6.45, 7) is 5.20. The number of hydrogen-bond acceptors (Lipinski definition) is 4. The van der Waals surface area contributed by atoms with Crippen molar-refractivity contribution in [2.75, 3.05) is 19.6 Å². The molecule has 3 aromatic carbocycles. The summed E-state index contributed by atoms with van der Waals surface area (Å²) in [5.74, 6) is -0.272. The van der Waals surface area contributed by atoms with Crippen LogP contribution in [0.4, 0.5) is 4.79 Å². The van der Waals surface area contributed by atoms with Crippen LogP contribution in [0.25, 0.3) is 0 Å². The second kappa shape index (κ2) is 11.7. The molecule has 0 radical (unpaired) electrons. The number of hydrogen-bond donors (Lipinski definition) is 1. The zero-order valence-corrected chi connectivity index (χ0v) is 22.4. The smallest absolute Gasteiger partial charge is 0.332 e. The van der Waals surface area contributed by atoms with Crippen LogP contribution < -0.4 is 5.32 Å². The Hall–Kier alpha value is -4.17. The predicted molar refractivity (Wildman–Crippen MR) is 149 cm³/mol. The first-order valence-corrected chi connectivity index (χ1v) is 13.6. The molecule has 3 atom stereocenters. The molecular weight excluding hydrogens is 490 g/mol. The lowest BCUT2D eigenvalue weighted by Gasteiger charge is -2.48. The minimum Gasteiger partial charge on any atom is -0.333 e. The van der Waals surface area contributed by atoms with Crippen molar-refractivity contribution in [2.45, 2.75) is 45.1 Å². The highest BCUT2D eigenvalue weighted by Gasteiger charge is 2.53. The highest BCUT2D eigenvalue weighted by atomic mass is 16.2. The molecule has 39 heavy (non-hydrogen) atoms. The third-order valence-corrected chi connectivity index (χ3v) is 7.54. The van der Waals surface area contributed by atoms with Gasteiger partial charge >= 0.3 is 6.03 Å². The van der Waals surface area contributed by atoms with Crippen LogP contribution in [0.5, 0.6) is 0 Å². The summed E-state index contributed by atoms with van der Waals surface area (Å²) in [6.07, 6.45) is 0.252. The second-order valence-corrected chi connectivity index (χ2v) is 10.0. The number of carbonyl (C=O) groups is 3. The minimum absolute atomic E-state index is 0.0353. The molecule has 0 saturated carbocycles. The van der Waals surface area contributed by atoms with E-state index in [1.54, 1.807) is 9.91 Å². The van der Waals surface area contributed by atoms with Crippen molar-refractivity contribution in [1.82, 2.24) is 25.1 Å². The largest absolute Gasteiger partial charge is 0.333 e. The first-order valence-electron chi connectivity index (χ1n) is 13.6. The Labute approximate surface area is 229 Å². The van der Waals surface area contributed by atoms with Crippen molar-refractivity contribution in [3.05, 3.63) is 108 Å². The number of fused-ring (bicyclic) bond motifs is 1. The van der Waals surface area contributed by atoms with Gasteiger partial charge in [0, 0.05) is 13.1 Å². The van der Waals surface area contributed by atoms with Crippen LogP contribution in [-0.4, -0.2) is 63.5 Å². The minimum atomic E-state index is -0.760. The van der Waals surface area contributed by atoms with Crippen molar-refractivity contribution in [3.63, 3.8) is 0 Å². The van der Waals surface area contributed by atoms with Crippen LogP contribution in [0.1, 0.15) is 49.0 Å². The van der Waals surface area contributed by atoms with Crippen molar-refractivity contribution in [2.24, 2.45) is 0 Å². The maximum atomic E-state index is 14.0. The van der Waals surface area contributed by atoms with Gasteiger partial charge in [0.25, 0.3) is 5.91 Å². The maximum Gasteiger partial charge on any atom is 0.332 e. The zero-order chi connectivity index (χ0) is 27.4. The van der Waals surface area contributed by atoms with Gasteiger partial charge in [-0.2, -0.15) is 5.01 Å². The average molecular weight is 526 g/mol. The van der Waals surface area contributed by atoms with Gasteiger partial charge in [-0.1, -0.05) is 97.9 Å². The van der Waals surface area contributed by atoms with Gasteiger partial charge in [0.2, 0.25) is 5.91 Å². The van der Waals surface area contributed by atoms with Gasteiger partial charge in [0.1, 0.15) is 12.2 Å². The van der Waals surface area contributed by atoms with Gasteiger partial charge in [0.15, 0.2) is 0 Å². The third-order valence-electron chi connectivity index (χ3n) is 7.54. The number of hydrazine groups is 1. The summed E-state index contributed by atoms with van der Waals surface area (Å²) in [5.41, 5.74) is 2.79. The molecule has 0 bridgehead atoms. The van der Waals surface area contributed by atoms with Crippen LogP contribution in [0.3, 0.4) is 0 Å². The summed E-state index contributed by atoms with van der Waals surface area (Å²) >= 11 is 0. The normalized spacial score (nSPS) is 20.1. The summed E-state index contributed by atoms with van der Waals surface area (Å²) in [5, 5.41) is 6.51. The summed E-state index contributed by atoms with van der Waals surface area (Å²) in [6, 6.07) is 27.9. The summed E-state index contributed by atoms with van der Waals surface area (Å²) < 4.78 is 0. The molecule has 2 aliphatic heterocycles. The number of benzene rings is 3. The van der Waals surface area contributed by atoms with Crippen LogP contribution in [-0.2, 0) is 16.1 Å². The average Bonchev–Trinajstić information content (AvgIpc) is 3.30. The number of rotatable bonds is 8. The van der Waals surface area contributed by atoms with Crippen molar-refractivity contribution in [1.29, 1.82) is 0 Å². The highest BCUT2D eigenvalue weighted by Crippen LogP contribution is 2.38. The Balaban J connectivity index is 1.47. The van der Waals surface area contributed by atoms with Gasteiger partial charge < -0.3 is 15.1 Å². The molecule has 1 N–H and O–H groups in total. The first kappa shape index (κ1) is 26.4. The molecule has 2 saturated heterocycles. The maximum absolute atomic E-state index is 14.0. The van der Waals surface area contributed by atoms with Gasteiger partial charge in [-0.25, -0.2) is 4.79 Å². The standard InChI is InChI=1S/C31H35N5O3/c1-3-19-34(31(39)32-20-24-13-7-4-8-14-24)35-22-28(37)36-27(35)21-33(23(2)25-15-9-5-10-16-25)30(38)29(36)26-17-11-6-12-18-26/h4-18,23,27,29H,3,19-22H2,1-2H3,(H,32,39)/t23-,27+,29-/m0/s1. The molecule has 0 aliphatic carbocycles. The number of urea groups is 1. The highest BCUT2D eigenvalue weighted by molar-refractivity contribution is 5.92. The van der Waals surface area contributed by atoms with Gasteiger partial charge in [-0.15, -0.1) is 0 Å². The van der Waals surface area contributed by atoms with Crippen molar-refractivity contribution >= 4 is 17.8 Å². The second-order valence-electron chi connectivity index (χ2n) is 10.0. The van der Waals surface area contributed by atoms with E-state index < -0.39 is 12.2 Å². The summed E-state index contributed by atoms with van der Waals surface area (Å²) in [7, 11) is 0. The fourth-order valence-corrected chi connectivity index (χ4v) is 5.54. The zero-order valence-electron chi connectivity index (χ0n) is 22.4. The third kappa shape index (κ3) is 5.38. The molecule has 0 aromatic heterocycles. The fraction of sp³-hybridized carbons (Fsp3) is 0.323. The Morgan fingerprint density at radius 1 is 0.949 bits per heavy atom. The fourth-order valence-electron chi connectivity index (χ4n) is 5.54. The van der Waals surface area contributed by atoms with Crippen molar-refractivity contribution < 1.29 is 14.4 Å². The van der Waals surface area contributed by atoms with E-state index in [-0.39, 0.29) is 30.4 Å². The molecule has 0 unspecified atom stereocenters. The van der Waals surface area contributed by atoms with Gasteiger partial charge in [-0.05, 0) is 30.0 Å². The number of amides is 4. The van der Waals surface area contributed by atoms with E-state index in [2.05, 4.69) is 5.32 Å². The molecule has 0 spiro atoms. The first-order chi connectivity index (χ1) is 19.0. The Kier molecular flexibility index (Phi) is 7.93. The molecule has 5 rings (SSSR count). The molecule has 2 heterocycles. The molecule has 4 amide bonds. The monoisotopic (exact) mass is 525 g/mol. The molecule has 8 nitrogen and oxygen atoms in total. The molecule has 202 valence electrons. The van der Waals surface area contributed by atoms with E-state index in [0.717, 1.165) is 23.1 Å². The number of nitrogens with one attached hydrogen (secondary N) is 1. The van der Waals surface area contributed by atoms with Crippen LogP contribution in [0.15, 0.2) is 91.0 Å². The lowest BCUT2D eigenvalue weighted by molar-refractivity contribution is -0.160. The predicted octanol–water partition coefficient (Wildman–Crippen LogP) is 4.34. The summed E-state index contributed by atoms with van der Waals surface area (Å²) in [4.78, 5) is 44.6. The molecular formula is C31H35N5O3. The van der Waals surface area contributed by atoms with Crippen LogP contribution in [0, 0.1) is 0 Å². The molecule has 2 aliphatic rings. The topological polar surface area (TPSA) is 76.2 Å². The lowest BCUT2D eigenvalue weighted by Crippen LogP contribution is -2.63. The Morgan fingerprint density at radius 3 is 2.21 bits per heavy atom. The van der Waals surface area contributed by atoms with E-state index in [0.29, 0.717) is 19.6 Å². The van der Waals surface area contributed by atoms with Crippen LogP contribution >= 0.6 is 0 Å². The van der Waals surface area contributed by atoms with Gasteiger partial charge in [0.05, 0.1) is 19.1 Å². The van der Waals surface area contributed by atoms with Crippen molar-refractivity contribution in [3.8, 4) is 0 Å². The Bertz CT molecular complexity index is 1290. The molecule has 8 heteroatoms. The van der Waals surface area contributed by atoms with E-state index in [1.165, 1.54) is 0 Å². The Morgan fingerprint density at radius 2 is 1.56 bits per heavy atom. The van der Waals surface area contributed by atoms with Crippen LogP contribution in [0.2, 0.25) is 0 Å². The van der Waals surface area contributed by atoms with E-state index >= 15 is 0 Å².